The number of carboxylic acid groups (broad SMARTS) is 3. The first-order valence-corrected chi connectivity index (χ1v) is 19.5. The van der Waals surface area contributed by atoms with Crippen LogP contribution in [-0.2, 0) is 46.2 Å². The fourth-order valence-corrected chi connectivity index (χ4v) is 6.51. The van der Waals surface area contributed by atoms with Crippen LogP contribution in [0, 0.1) is 5.92 Å². The van der Waals surface area contributed by atoms with Crippen molar-refractivity contribution in [2.75, 3.05) is 39.0 Å². The maximum atomic E-state index is 12.9. The number of aromatic nitrogens is 3. The van der Waals surface area contributed by atoms with Crippen LogP contribution in [-0.4, -0.2) is 144 Å². The molecule has 0 saturated carbocycles. The fraction of sp³-hybridized carbons (Fsp3) is 0.472. The lowest BCUT2D eigenvalue weighted by Gasteiger charge is -2.40. The Morgan fingerprint density at radius 1 is 1.07 bits per heavy atom. The van der Waals surface area contributed by atoms with E-state index >= 15 is 0 Å². The number of carboxylic acids is 3. The summed E-state index contributed by atoms with van der Waals surface area (Å²) in [7, 11) is 1.32. The third kappa shape index (κ3) is 14.6. The zero-order valence-electron chi connectivity index (χ0n) is 32.3. The number of hydrogen-bond donors (Lipinski definition) is 11. The number of amides is 3. The van der Waals surface area contributed by atoms with E-state index in [-0.39, 0.29) is 36.8 Å². The zero-order chi connectivity index (χ0) is 43.5. The Kier molecular flexibility index (Phi) is 20.7. The van der Waals surface area contributed by atoms with Crippen LogP contribution >= 0.6 is 21.3 Å². The van der Waals surface area contributed by atoms with Gasteiger partial charge in [0.25, 0.3) is 0 Å². The summed E-state index contributed by atoms with van der Waals surface area (Å²) in [5.74, 6) is -4.49. The molecule has 12 N–H and O–H groups in total. The highest BCUT2D eigenvalue weighted by molar-refractivity contribution is 7.80. The number of carbonyl (C=O) groups excluding carboxylic acids is 3. The number of hydrogen-bond acceptors (Lipinski definition) is 12. The molecule has 5 rings (SSSR count). The predicted molar refractivity (Wildman–Crippen MR) is 217 cm³/mol. The first-order chi connectivity index (χ1) is 27.5. The average molecular weight is 850 g/mol. The van der Waals surface area contributed by atoms with Gasteiger partial charge in [-0.1, -0.05) is 18.2 Å². The number of likely N-dealkylation sites (N-methyl/N-ethyl adjacent to an activating group) is 1. The van der Waals surface area contributed by atoms with Gasteiger partial charge in [0.05, 0.1) is 12.2 Å². The Balaban J connectivity index is 0.000000308. The molecule has 1 aliphatic carbocycles. The third-order valence-corrected chi connectivity index (χ3v) is 9.59. The number of H-pyrrole nitrogens is 2. The lowest BCUT2D eigenvalue weighted by molar-refractivity contribution is -0.139. The van der Waals surface area contributed by atoms with Gasteiger partial charge in [-0.3, -0.25) is 33.7 Å². The number of nitrogens with one attached hydrogen (secondary N) is 4. The van der Waals surface area contributed by atoms with Crippen molar-refractivity contribution < 1.29 is 53.5 Å². The lowest BCUT2D eigenvalue weighted by Crippen LogP contribution is -2.49. The summed E-state index contributed by atoms with van der Waals surface area (Å²) < 4.78 is 8.46. The number of benzene rings is 1. The minimum atomic E-state index is -1.22. The average Bonchev–Trinajstić information content (AvgIpc) is 3.87. The molecule has 318 valence electrons. The minimum Gasteiger partial charge on any atom is -0.480 e. The standard InChI is InChI=1S/C20H25N3O.C10H17N3O6S.C6H9N3O2.HO2P/c1-4-23(5-2)20(24)14-9-16-15-7-6-8-17-19(15)13(11-21-17)10-18(16)22(3)12-14;11-5(10(18)19)1-2-7(14)13-6(4-20)9(17)12-3-8(15)16;7-5(6(10)11)1-4-2-8-3-9-4;1-3-2/h6-9,11,14,18,21H,4-5,10,12H2,1-3H3;5-6,20H,1-4,11H2,(H,12,17)(H,13,14)(H,15,16)(H,18,19);2-3,5H,1,7H2,(H,8,9)(H,10,11);(H,1,2)/t14-,18-;;5-;/m1.0./s1. The van der Waals surface area contributed by atoms with Gasteiger partial charge in [-0.05, 0) is 56.5 Å². The number of nitrogens with two attached hydrogens (primary N) is 2. The molecular formula is C36H52N9O11PS. The topological polar surface area (TPSA) is 327 Å². The summed E-state index contributed by atoms with van der Waals surface area (Å²) in [6.07, 6.45) is 8.51. The van der Waals surface area contributed by atoms with Crippen molar-refractivity contribution in [1.29, 1.82) is 0 Å². The SMILES string of the molecule is CCN(CC)C(=O)[C@@H]1C=C2c3cccc4[nH]cc(c34)C[C@H]2N(C)C1.NC(CCC(=O)NC(CS)C(=O)NCC(=O)O)C(=O)O.N[C@@H](Cc1cnc[nH]1)C(=O)O.O=PO. The monoisotopic (exact) mass is 849 g/mol. The van der Waals surface area contributed by atoms with Crippen LogP contribution in [0.15, 0.2) is 43.0 Å². The highest BCUT2D eigenvalue weighted by Crippen LogP contribution is 2.41. The van der Waals surface area contributed by atoms with Gasteiger partial charge < -0.3 is 57.2 Å². The molecule has 2 unspecified atom stereocenters. The number of nitrogens with zero attached hydrogens (tertiary/aromatic N) is 3. The Morgan fingerprint density at radius 3 is 2.28 bits per heavy atom. The van der Waals surface area contributed by atoms with Gasteiger partial charge in [0.2, 0.25) is 17.7 Å². The van der Waals surface area contributed by atoms with Gasteiger partial charge in [0.15, 0.2) is 0 Å². The summed E-state index contributed by atoms with van der Waals surface area (Å²) in [4.78, 5) is 88.1. The molecule has 2 aromatic heterocycles. The summed E-state index contributed by atoms with van der Waals surface area (Å²) in [5, 5.41) is 31.1. The molecule has 22 heteroatoms. The lowest BCUT2D eigenvalue weighted by atomic mass is 9.79. The molecule has 2 aliphatic rings. The number of aliphatic carboxylic acids is 3. The fourth-order valence-electron chi connectivity index (χ4n) is 6.25. The summed E-state index contributed by atoms with van der Waals surface area (Å²) in [6, 6.07) is 3.82. The van der Waals surface area contributed by atoms with E-state index in [1.54, 1.807) is 6.20 Å². The van der Waals surface area contributed by atoms with E-state index in [9.17, 15) is 28.8 Å². The van der Waals surface area contributed by atoms with Crippen molar-refractivity contribution >= 4 is 73.4 Å². The molecule has 3 heterocycles. The molecule has 0 spiro atoms. The van der Waals surface area contributed by atoms with Crippen LogP contribution in [0.2, 0.25) is 0 Å². The molecule has 58 heavy (non-hydrogen) atoms. The van der Waals surface area contributed by atoms with Crippen LogP contribution in [0.1, 0.15) is 43.5 Å². The minimum absolute atomic E-state index is 0.0256. The first-order valence-electron chi connectivity index (χ1n) is 18.1. The van der Waals surface area contributed by atoms with Gasteiger partial charge in [-0.2, -0.15) is 12.6 Å². The number of imidazole rings is 1. The number of carbonyl (C=O) groups is 6. The first kappa shape index (κ1) is 49.0. The predicted octanol–water partition coefficient (Wildman–Crippen LogP) is 0.249. The van der Waals surface area contributed by atoms with E-state index in [0.717, 1.165) is 31.7 Å². The second kappa shape index (κ2) is 24.6. The molecule has 0 saturated heterocycles. The molecule has 5 atom stereocenters. The van der Waals surface area contributed by atoms with Crippen molar-refractivity contribution in [2.24, 2.45) is 17.4 Å². The van der Waals surface area contributed by atoms with E-state index in [0.29, 0.717) is 6.04 Å². The quantitative estimate of drug-likeness (QED) is 0.0721. The Bertz CT molecular complexity index is 1890. The normalized spacial score (nSPS) is 16.8. The van der Waals surface area contributed by atoms with Gasteiger partial charge in [-0.25, -0.2) is 9.55 Å². The van der Waals surface area contributed by atoms with Crippen molar-refractivity contribution in [3.63, 3.8) is 0 Å². The van der Waals surface area contributed by atoms with Gasteiger partial charge in [-0.15, -0.1) is 0 Å². The summed E-state index contributed by atoms with van der Waals surface area (Å²) in [6.45, 7) is 5.90. The number of aromatic amines is 2. The number of fused-ring (bicyclic) bond motifs is 2. The van der Waals surface area contributed by atoms with E-state index in [1.807, 2.05) is 4.90 Å². The molecule has 0 fully saturated rings. The summed E-state index contributed by atoms with van der Waals surface area (Å²) >= 11 is 3.87. The molecule has 0 radical (unpaired) electrons. The van der Waals surface area contributed by atoms with E-state index in [4.69, 9.17) is 36.2 Å². The van der Waals surface area contributed by atoms with Crippen LogP contribution in [0.3, 0.4) is 0 Å². The van der Waals surface area contributed by atoms with Crippen molar-refractivity contribution in [1.82, 2.24) is 35.4 Å². The molecule has 3 aromatic rings. The van der Waals surface area contributed by atoms with E-state index in [2.05, 4.69) is 94.5 Å². The smallest absolute Gasteiger partial charge is 0.324 e. The molecule has 1 aliphatic heterocycles. The molecule has 3 amide bonds. The van der Waals surface area contributed by atoms with E-state index < -0.39 is 63.1 Å². The molecule has 20 nitrogen and oxygen atoms in total. The van der Waals surface area contributed by atoms with Crippen molar-refractivity contribution in [2.45, 2.75) is 63.7 Å². The number of rotatable bonds is 15. The maximum absolute atomic E-state index is 12.9. The largest absolute Gasteiger partial charge is 0.480 e. The second-order valence-corrected chi connectivity index (χ2v) is 13.7. The van der Waals surface area contributed by atoms with Crippen LogP contribution in [0.4, 0.5) is 0 Å². The molecule has 1 aromatic carbocycles. The highest BCUT2D eigenvalue weighted by Gasteiger charge is 2.36. The summed E-state index contributed by atoms with van der Waals surface area (Å²) in [5.41, 5.74) is 16.4. The van der Waals surface area contributed by atoms with Gasteiger partial charge >= 0.3 is 26.6 Å². The van der Waals surface area contributed by atoms with Crippen molar-refractivity contribution in [3.05, 3.63) is 59.8 Å². The van der Waals surface area contributed by atoms with Crippen LogP contribution in [0.5, 0.6) is 0 Å². The molecule has 0 bridgehead atoms. The second-order valence-electron chi connectivity index (χ2n) is 13.1. The van der Waals surface area contributed by atoms with Crippen molar-refractivity contribution in [3.8, 4) is 0 Å². The maximum Gasteiger partial charge on any atom is 0.324 e. The van der Waals surface area contributed by atoms with Gasteiger partial charge in [0, 0.05) is 73.3 Å². The Labute approximate surface area is 341 Å². The van der Waals surface area contributed by atoms with Crippen LogP contribution in [0.25, 0.3) is 16.5 Å². The number of thiol groups is 1. The van der Waals surface area contributed by atoms with E-state index in [1.165, 1.54) is 33.9 Å². The Hall–Kier alpha value is -5.18. The van der Waals surface area contributed by atoms with Crippen LogP contribution < -0.4 is 22.1 Å². The van der Waals surface area contributed by atoms with Gasteiger partial charge in [0.1, 0.15) is 24.7 Å². The molecular weight excluding hydrogens is 797 g/mol. The Morgan fingerprint density at radius 2 is 1.72 bits per heavy atom. The zero-order valence-corrected chi connectivity index (χ0v) is 34.1. The highest BCUT2D eigenvalue weighted by atomic mass is 32.1. The third-order valence-electron chi connectivity index (χ3n) is 9.22.